The van der Waals surface area contributed by atoms with E-state index in [0.29, 0.717) is 4.67 Å². The van der Waals surface area contributed by atoms with Gasteiger partial charge in [-0.25, -0.2) is 0 Å². The van der Waals surface area contributed by atoms with E-state index in [9.17, 15) is 0 Å². The van der Waals surface area contributed by atoms with E-state index in [1.54, 1.807) is 6.26 Å². The Morgan fingerprint density at radius 2 is 1.94 bits per heavy atom. The van der Waals surface area contributed by atoms with Crippen LogP contribution in [0, 0.1) is 0 Å². The highest BCUT2D eigenvalue weighted by molar-refractivity contribution is 9.10. The second-order valence-corrected chi connectivity index (χ2v) is 5.19. The van der Waals surface area contributed by atoms with Crippen LogP contribution in [0.5, 0.6) is 0 Å². The second kappa shape index (κ2) is 6.21. The van der Waals surface area contributed by atoms with Crippen LogP contribution in [0.4, 0.5) is 0 Å². The van der Waals surface area contributed by atoms with Gasteiger partial charge in [0.2, 0.25) is 0 Å². The lowest BCUT2D eigenvalue weighted by Crippen LogP contribution is -2.11. The predicted molar refractivity (Wildman–Crippen MR) is 77.5 cm³/mol. The van der Waals surface area contributed by atoms with E-state index in [2.05, 4.69) is 47.1 Å². The van der Waals surface area contributed by atoms with Crippen molar-refractivity contribution >= 4 is 15.9 Å². The van der Waals surface area contributed by atoms with Crippen molar-refractivity contribution in [3.8, 4) is 0 Å². The molecule has 1 unspecified atom stereocenters. The first-order chi connectivity index (χ1) is 8.72. The van der Waals surface area contributed by atoms with E-state index in [1.165, 1.54) is 18.4 Å². The molecule has 96 valence electrons. The Labute approximate surface area is 116 Å². The molecule has 2 nitrogen and oxygen atoms in total. The number of nitrogens with two attached hydrogens (primary N) is 1. The monoisotopic (exact) mass is 307 g/mol. The van der Waals surface area contributed by atoms with Crippen LogP contribution < -0.4 is 5.73 Å². The van der Waals surface area contributed by atoms with E-state index in [1.807, 2.05) is 6.07 Å². The molecule has 1 aromatic carbocycles. The van der Waals surface area contributed by atoms with Crippen molar-refractivity contribution in [2.24, 2.45) is 5.73 Å². The van der Waals surface area contributed by atoms with Gasteiger partial charge < -0.3 is 10.2 Å². The fraction of sp³-hybridized carbons (Fsp3) is 0.333. The number of furan rings is 1. The quantitative estimate of drug-likeness (QED) is 0.887. The highest BCUT2D eigenvalue weighted by Gasteiger charge is 2.14. The number of benzene rings is 1. The number of halogens is 1. The van der Waals surface area contributed by atoms with Crippen LogP contribution in [-0.2, 0) is 6.42 Å². The molecule has 0 fully saturated rings. The Morgan fingerprint density at radius 1 is 1.22 bits per heavy atom. The fourth-order valence-corrected chi connectivity index (χ4v) is 2.47. The summed E-state index contributed by atoms with van der Waals surface area (Å²) in [4.78, 5) is 0. The van der Waals surface area contributed by atoms with Gasteiger partial charge in [-0.3, -0.25) is 0 Å². The molecule has 0 bridgehead atoms. The Morgan fingerprint density at radius 3 is 2.50 bits per heavy atom. The van der Waals surface area contributed by atoms with Gasteiger partial charge in [0.1, 0.15) is 0 Å². The zero-order chi connectivity index (χ0) is 13.0. The number of hydrogen-bond acceptors (Lipinski definition) is 2. The number of rotatable bonds is 5. The average molecular weight is 308 g/mol. The molecule has 0 spiro atoms. The van der Waals surface area contributed by atoms with E-state index in [4.69, 9.17) is 10.2 Å². The maximum Gasteiger partial charge on any atom is 0.174 e. The standard InChI is InChI=1S/C15H18BrNO/c1-2-3-4-11-5-7-12(8-6-11)14(17)13-9-10-18-15(13)16/h5-10,14H,2-4,17H2,1H3. The molecule has 2 rings (SSSR count). The largest absolute Gasteiger partial charge is 0.457 e. The van der Waals surface area contributed by atoms with Crippen molar-refractivity contribution in [3.63, 3.8) is 0 Å². The Kier molecular flexibility index (Phi) is 4.61. The molecule has 0 saturated heterocycles. The van der Waals surface area contributed by atoms with Crippen molar-refractivity contribution in [2.75, 3.05) is 0 Å². The molecule has 0 aliphatic heterocycles. The minimum Gasteiger partial charge on any atom is -0.457 e. The molecule has 0 radical (unpaired) electrons. The van der Waals surface area contributed by atoms with Crippen molar-refractivity contribution in [3.05, 3.63) is 58.0 Å². The van der Waals surface area contributed by atoms with E-state index in [-0.39, 0.29) is 6.04 Å². The summed E-state index contributed by atoms with van der Waals surface area (Å²) in [6.45, 7) is 2.21. The summed E-state index contributed by atoms with van der Waals surface area (Å²) >= 11 is 3.37. The van der Waals surface area contributed by atoms with Crippen molar-refractivity contribution < 1.29 is 4.42 Å². The lowest BCUT2D eigenvalue weighted by molar-refractivity contribution is 0.534. The van der Waals surface area contributed by atoms with Crippen molar-refractivity contribution in [1.82, 2.24) is 0 Å². The van der Waals surface area contributed by atoms with E-state index in [0.717, 1.165) is 17.5 Å². The summed E-state index contributed by atoms with van der Waals surface area (Å²) in [7, 11) is 0. The minimum atomic E-state index is -0.140. The molecular formula is C15H18BrNO. The molecule has 0 aliphatic rings. The number of aryl methyl sites for hydroxylation is 1. The van der Waals surface area contributed by atoms with Crippen LogP contribution in [0.2, 0.25) is 0 Å². The maximum absolute atomic E-state index is 6.22. The third-order valence-corrected chi connectivity index (χ3v) is 3.78. The normalized spacial score (nSPS) is 12.6. The second-order valence-electron chi connectivity index (χ2n) is 4.47. The van der Waals surface area contributed by atoms with Crippen LogP contribution in [0.1, 0.15) is 42.5 Å². The first-order valence-electron chi connectivity index (χ1n) is 6.29. The summed E-state index contributed by atoms with van der Waals surface area (Å²) in [6, 6.07) is 10.3. The zero-order valence-corrected chi connectivity index (χ0v) is 12.1. The highest BCUT2D eigenvalue weighted by atomic mass is 79.9. The number of unbranched alkanes of at least 4 members (excludes halogenated alkanes) is 1. The molecule has 3 heteroatoms. The minimum absolute atomic E-state index is 0.140. The Hall–Kier alpha value is -1.06. The molecule has 1 heterocycles. The Bertz CT molecular complexity index is 489. The molecule has 1 aromatic heterocycles. The zero-order valence-electron chi connectivity index (χ0n) is 10.5. The van der Waals surface area contributed by atoms with Gasteiger partial charge in [0.05, 0.1) is 12.3 Å². The molecular weight excluding hydrogens is 290 g/mol. The van der Waals surface area contributed by atoms with E-state index < -0.39 is 0 Å². The van der Waals surface area contributed by atoms with Gasteiger partial charge in [-0.2, -0.15) is 0 Å². The third-order valence-electron chi connectivity index (χ3n) is 3.14. The third kappa shape index (κ3) is 3.03. The summed E-state index contributed by atoms with van der Waals surface area (Å²) in [5.41, 5.74) is 9.69. The summed E-state index contributed by atoms with van der Waals surface area (Å²) in [6.07, 6.45) is 5.25. The van der Waals surface area contributed by atoms with E-state index >= 15 is 0 Å². The van der Waals surface area contributed by atoms with Crippen LogP contribution >= 0.6 is 15.9 Å². The highest BCUT2D eigenvalue weighted by Crippen LogP contribution is 2.27. The van der Waals surface area contributed by atoms with Gasteiger partial charge in [-0.05, 0) is 46.0 Å². The van der Waals surface area contributed by atoms with Crippen LogP contribution in [0.25, 0.3) is 0 Å². The molecule has 0 aliphatic carbocycles. The van der Waals surface area contributed by atoms with Crippen LogP contribution in [0.15, 0.2) is 45.7 Å². The smallest absolute Gasteiger partial charge is 0.174 e. The van der Waals surface area contributed by atoms with Gasteiger partial charge >= 0.3 is 0 Å². The fourth-order valence-electron chi connectivity index (χ4n) is 1.98. The van der Waals surface area contributed by atoms with Gasteiger partial charge in [0.15, 0.2) is 4.67 Å². The lowest BCUT2D eigenvalue weighted by atomic mass is 9.99. The topological polar surface area (TPSA) is 39.2 Å². The van der Waals surface area contributed by atoms with Crippen LogP contribution in [-0.4, -0.2) is 0 Å². The summed E-state index contributed by atoms with van der Waals surface area (Å²) in [5, 5.41) is 0. The van der Waals surface area contributed by atoms with Gasteiger partial charge in [-0.15, -0.1) is 0 Å². The predicted octanol–water partition coefficient (Wildman–Crippen LogP) is 4.43. The molecule has 1 atom stereocenters. The Balaban J connectivity index is 2.12. The summed E-state index contributed by atoms with van der Waals surface area (Å²) in [5.74, 6) is 0. The first-order valence-corrected chi connectivity index (χ1v) is 7.09. The number of hydrogen-bond donors (Lipinski definition) is 1. The van der Waals surface area contributed by atoms with Gasteiger partial charge in [-0.1, -0.05) is 37.6 Å². The first kappa shape index (κ1) is 13.4. The molecule has 0 saturated carbocycles. The van der Waals surface area contributed by atoms with Crippen molar-refractivity contribution in [1.29, 1.82) is 0 Å². The molecule has 2 aromatic rings. The molecule has 2 N–H and O–H groups in total. The summed E-state index contributed by atoms with van der Waals surface area (Å²) < 4.78 is 5.93. The van der Waals surface area contributed by atoms with Gasteiger partial charge in [0.25, 0.3) is 0 Å². The molecule has 0 amide bonds. The SMILES string of the molecule is CCCCc1ccc(C(N)c2ccoc2Br)cc1. The van der Waals surface area contributed by atoms with Crippen LogP contribution in [0.3, 0.4) is 0 Å². The lowest BCUT2D eigenvalue weighted by Gasteiger charge is -2.11. The van der Waals surface area contributed by atoms with Gasteiger partial charge in [0, 0.05) is 5.56 Å². The molecule has 18 heavy (non-hydrogen) atoms. The van der Waals surface area contributed by atoms with Crippen molar-refractivity contribution in [2.45, 2.75) is 32.2 Å². The average Bonchev–Trinajstić information content (AvgIpc) is 2.82. The maximum atomic E-state index is 6.22.